The van der Waals surface area contributed by atoms with Crippen molar-refractivity contribution in [3.63, 3.8) is 0 Å². The zero-order valence-electron chi connectivity index (χ0n) is 9.48. The van der Waals surface area contributed by atoms with E-state index in [2.05, 4.69) is 40.0 Å². The molecular formula is C13H13BrN2S. The second kappa shape index (κ2) is 5.56. The lowest BCUT2D eigenvalue weighted by Gasteiger charge is -2.06. The highest BCUT2D eigenvalue weighted by atomic mass is 79.9. The zero-order chi connectivity index (χ0) is 12.3. The molecule has 0 atom stereocenters. The molecule has 4 heteroatoms. The molecule has 2 N–H and O–H groups in total. The molecule has 0 unspecified atom stereocenters. The van der Waals surface area contributed by atoms with Crippen molar-refractivity contribution in [3.8, 4) is 0 Å². The smallest absolute Gasteiger partial charge is 0.0410 e. The molecule has 0 aliphatic rings. The molecule has 17 heavy (non-hydrogen) atoms. The number of thioether (sulfide) groups is 1. The van der Waals surface area contributed by atoms with Gasteiger partial charge in [-0.05, 0) is 52.2 Å². The first kappa shape index (κ1) is 12.5. The Kier molecular flexibility index (Phi) is 4.07. The summed E-state index contributed by atoms with van der Waals surface area (Å²) in [6, 6.07) is 8.09. The van der Waals surface area contributed by atoms with Gasteiger partial charge in [-0.3, -0.25) is 4.98 Å². The number of aryl methyl sites for hydroxylation is 1. The Bertz CT molecular complexity index is 529. The lowest BCUT2D eigenvalue weighted by atomic mass is 10.2. The number of hydrogen-bond acceptors (Lipinski definition) is 3. The Morgan fingerprint density at radius 3 is 2.88 bits per heavy atom. The van der Waals surface area contributed by atoms with Crippen LogP contribution in [0.4, 0.5) is 5.69 Å². The maximum absolute atomic E-state index is 5.79. The number of nitrogen functional groups attached to an aromatic ring is 1. The minimum absolute atomic E-state index is 0.811. The second-order valence-electron chi connectivity index (χ2n) is 3.83. The Labute approximate surface area is 114 Å². The Hall–Kier alpha value is -1.00. The van der Waals surface area contributed by atoms with Gasteiger partial charge in [0.2, 0.25) is 0 Å². The average Bonchev–Trinajstić information content (AvgIpc) is 2.30. The fourth-order valence-corrected chi connectivity index (χ4v) is 2.88. The van der Waals surface area contributed by atoms with Crippen LogP contribution in [0.15, 0.2) is 46.0 Å². The maximum atomic E-state index is 5.79. The van der Waals surface area contributed by atoms with Crippen molar-refractivity contribution in [2.75, 3.05) is 5.73 Å². The molecule has 0 saturated carbocycles. The number of aromatic nitrogens is 1. The average molecular weight is 309 g/mol. The molecule has 2 rings (SSSR count). The highest BCUT2D eigenvalue weighted by Gasteiger charge is 2.01. The molecule has 0 aliphatic carbocycles. The summed E-state index contributed by atoms with van der Waals surface area (Å²) in [5.41, 5.74) is 9.05. The normalized spacial score (nSPS) is 10.5. The molecule has 0 radical (unpaired) electrons. The molecule has 0 aliphatic heterocycles. The van der Waals surface area contributed by atoms with Crippen molar-refractivity contribution in [2.24, 2.45) is 0 Å². The predicted octanol–water partition coefficient (Wildman–Crippen LogP) is 4.03. The van der Waals surface area contributed by atoms with E-state index in [1.165, 1.54) is 16.0 Å². The van der Waals surface area contributed by atoms with E-state index in [1.807, 2.05) is 18.3 Å². The third-order valence-corrected chi connectivity index (χ3v) is 4.03. The molecule has 1 aromatic heterocycles. The van der Waals surface area contributed by atoms with Crippen molar-refractivity contribution in [3.05, 3.63) is 52.3 Å². The van der Waals surface area contributed by atoms with Gasteiger partial charge >= 0.3 is 0 Å². The van der Waals surface area contributed by atoms with Crippen molar-refractivity contribution in [2.45, 2.75) is 17.6 Å². The quantitative estimate of drug-likeness (QED) is 0.687. The molecule has 2 aromatic rings. The van der Waals surface area contributed by atoms with Gasteiger partial charge in [0.1, 0.15) is 0 Å². The van der Waals surface area contributed by atoms with Crippen molar-refractivity contribution >= 4 is 33.4 Å². The minimum Gasteiger partial charge on any atom is -0.399 e. The largest absolute Gasteiger partial charge is 0.399 e. The number of rotatable bonds is 3. The number of hydrogen-bond donors (Lipinski definition) is 1. The minimum atomic E-state index is 0.811. The number of halogens is 1. The lowest BCUT2D eigenvalue weighted by Crippen LogP contribution is -1.88. The van der Waals surface area contributed by atoms with Gasteiger partial charge in [0.25, 0.3) is 0 Å². The molecule has 1 aromatic carbocycles. The van der Waals surface area contributed by atoms with Crippen LogP contribution in [0.1, 0.15) is 11.1 Å². The zero-order valence-corrected chi connectivity index (χ0v) is 11.9. The van der Waals surface area contributed by atoms with Gasteiger partial charge in [-0.15, -0.1) is 11.8 Å². The summed E-state index contributed by atoms with van der Waals surface area (Å²) >= 11 is 5.20. The molecule has 0 amide bonds. The lowest BCUT2D eigenvalue weighted by molar-refractivity contribution is 1.23. The molecule has 1 heterocycles. The van der Waals surface area contributed by atoms with E-state index in [0.29, 0.717) is 0 Å². The van der Waals surface area contributed by atoms with Crippen LogP contribution in [-0.2, 0) is 5.75 Å². The van der Waals surface area contributed by atoms with E-state index in [1.54, 1.807) is 18.0 Å². The Balaban J connectivity index is 2.09. The predicted molar refractivity (Wildman–Crippen MR) is 77.1 cm³/mol. The SMILES string of the molecule is Cc1ccc(N)cc1SCc1cncc(Br)c1. The number of benzene rings is 1. The number of nitrogens with zero attached hydrogens (tertiary/aromatic N) is 1. The molecule has 0 spiro atoms. The first-order valence-corrected chi connectivity index (χ1v) is 7.01. The molecule has 0 saturated heterocycles. The van der Waals surface area contributed by atoms with E-state index in [9.17, 15) is 0 Å². The van der Waals surface area contributed by atoms with Crippen LogP contribution in [0.3, 0.4) is 0 Å². The summed E-state index contributed by atoms with van der Waals surface area (Å²) in [5, 5.41) is 0. The summed E-state index contributed by atoms with van der Waals surface area (Å²) in [6.07, 6.45) is 3.68. The number of anilines is 1. The fourth-order valence-electron chi connectivity index (χ4n) is 1.47. The van der Waals surface area contributed by atoms with Gasteiger partial charge in [0.15, 0.2) is 0 Å². The van der Waals surface area contributed by atoms with Crippen LogP contribution in [0.2, 0.25) is 0 Å². The molecular weight excluding hydrogens is 296 g/mol. The summed E-state index contributed by atoms with van der Waals surface area (Å²) in [6.45, 7) is 2.10. The van der Waals surface area contributed by atoms with E-state index >= 15 is 0 Å². The monoisotopic (exact) mass is 308 g/mol. The number of nitrogens with two attached hydrogens (primary N) is 1. The van der Waals surface area contributed by atoms with Gasteiger partial charge in [0, 0.05) is 33.2 Å². The third kappa shape index (κ3) is 3.48. The summed E-state index contributed by atoms with van der Waals surface area (Å²) in [5.74, 6) is 0.900. The highest BCUT2D eigenvalue weighted by Crippen LogP contribution is 2.28. The van der Waals surface area contributed by atoms with Gasteiger partial charge in [-0.25, -0.2) is 0 Å². The third-order valence-electron chi connectivity index (χ3n) is 2.37. The van der Waals surface area contributed by atoms with Gasteiger partial charge in [-0.2, -0.15) is 0 Å². The summed E-state index contributed by atoms with van der Waals surface area (Å²) < 4.78 is 1.01. The van der Waals surface area contributed by atoms with Crippen LogP contribution in [0.5, 0.6) is 0 Å². The van der Waals surface area contributed by atoms with E-state index in [4.69, 9.17) is 5.73 Å². The fraction of sp³-hybridized carbons (Fsp3) is 0.154. The number of pyridine rings is 1. The van der Waals surface area contributed by atoms with Gasteiger partial charge < -0.3 is 5.73 Å². The summed E-state index contributed by atoms with van der Waals surface area (Å²) in [4.78, 5) is 5.38. The van der Waals surface area contributed by atoms with E-state index in [-0.39, 0.29) is 0 Å². The van der Waals surface area contributed by atoms with Gasteiger partial charge in [-0.1, -0.05) is 6.07 Å². The topological polar surface area (TPSA) is 38.9 Å². The second-order valence-corrected chi connectivity index (χ2v) is 5.76. The maximum Gasteiger partial charge on any atom is 0.0410 e. The van der Waals surface area contributed by atoms with Crippen LogP contribution in [-0.4, -0.2) is 4.98 Å². The summed E-state index contributed by atoms with van der Waals surface area (Å²) in [7, 11) is 0. The highest BCUT2D eigenvalue weighted by molar-refractivity contribution is 9.10. The van der Waals surface area contributed by atoms with Crippen LogP contribution in [0.25, 0.3) is 0 Å². The molecule has 0 bridgehead atoms. The van der Waals surface area contributed by atoms with Crippen molar-refractivity contribution < 1.29 is 0 Å². The molecule has 2 nitrogen and oxygen atoms in total. The van der Waals surface area contributed by atoms with Crippen molar-refractivity contribution in [1.29, 1.82) is 0 Å². The van der Waals surface area contributed by atoms with Gasteiger partial charge in [0.05, 0.1) is 0 Å². The van der Waals surface area contributed by atoms with Crippen LogP contribution >= 0.6 is 27.7 Å². The van der Waals surface area contributed by atoms with E-state index in [0.717, 1.165) is 15.9 Å². The van der Waals surface area contributed by atoms with Crippen LogP contribution in [0, 0.1) is 6.92 Å². The van der Waals surface area contributed by atoms with E-state index < -0.39 is 0 Å². The Morgan fingerprint density at radius 1 is 1.29 bits per heavy atom. The van der Waals surface area contributed by atoms with Crippen molar-refractivity contribution in [1.82, 2.24) is 4.98 Å². The first-order chi connectivity index (χ1) is 8.15. The standard InChI is InChI=1S/C13H13BrN2S/c1-9-2-3-12(15)5-13(9)17-8-10-4-11(14)7-16-6-10/h2-7H,8,15H2,1H3. The Morgan fingerprint density at radius 2 is 2.12 bits per heavy atom. The van der Waals surface area contributed by atoms with Crippen LogP contribution < -0.4 is 5.73 Å². The first-order valence-electron chi connectivity index (χ1n) is 5.23. The molecule has 0 fully saturated rings. The molecule has 88 valence electrons.